The van der Waals surface area contributed by atoms with Crippen LogP contribution in [0.1, 0.15) is 40.4 Å². The summed E-state index contributed by atoms with van der Waals surface area (Å²) in [5, 5.41) is 0. The van der Waals surface area contributed by atoms with Gasteiger partial charge in [-0.05, 0) is 74.4 Å². The smallest absolute Gasteiger partial charge is 0.338 e. The predicted molar refractivity (Wildman–Crippen MR) is 102 cm³/mol. The highest BCUT2D eigenvalue weighted by Crippen LogP contribution is 2.28. The Bertz CT molecular complexity index is 916. The molecule has 1 aliphatic carbocycles. The van der Waals surface area contributed by atoms with Crippen molar-refractivity contribution in [3.05, 3.63) is 64.7 Å². The number of hydrogen-bond acceptors (Lipinski definition) is 5. The molecule has 0 N–H and O–H groups in total. The van der Waals surface area contributed by atoms with Crippen LogP contribution in [0.5, 0.6) is 0 Å². The van der Waals surface area contributed by atoms with Crippen LogP contribution in [0.25, 0.3) is 0 Å². The van der Waals surface area contributed by atoms with Crippen molar-refractivity contribution < 1.29 is 22.1 Å². The highest BCUT2D eigenvalue weighted by Gasteiger charge is 2.23. The van der Waals surface area contributed by atoms with Crippen molar-refractivity contribution in [2.75, 3.05) is 13.2 Å². The molecule has 0 aromatic heterocycles. The van der Waals surface area contributed by atoms with Crippen molar-refractivity contribution in [3.63, 3.8) is 0 Å². The minimum atomic E-state index is -3.74. The highest BCUT2D eigenvalue weighted by atomic mass is 32.2. The number of rotatable bonds is 6. The fourth-order valence-corrected chi connectivity index (χ4v) is 4.25. The zero-order valence-electron chi connectivity index (χ0n) is 15.6. The molecule has 1 atom stereocenters. The Morgan fingerprint density at radius 3 is 2.56 bits per heavy atom. The molecule has 0 saturated heterocycles. The summed E-state index contributed by atoms with van der Waals surface area (Å²) in [4.78, 5) is 12.0. The van der Waals surface area contributed by atoms with Gasteiger partial charge in [0.05, 0.1) is 23.7 Å². The van der Waals surface area contributed by atoms with E-state index >= 15 is 0 Å². The van der Waals surface area contributed by atoms with Gasteiger partial charge in [0.2, 0.25) is 0 Å². The molecule has 6 heteroatoms. The number of ether oxygens (including phenoxy) is 1. The molecule has 0 heterocycles. The molecule has 0 saturated carbocycles. The van der Waals surface area contributed by atoms with Crippen molar-refractivity contribution in [1.29, 1.82) is 0 Å². The van der Waals surface area contributed by atoms with Crippen LogP contribution in [0.2, 0.25) is 0 Å². The Kier molecular flexibility index (Phi) is 5.97. The molecule has 2 aromatic carbocycles. The van der Waals surface area contributed by atoms with Crippen LogP contribution >= 0.6 is 0 Å². The number of carbonyl (C=O) groups is 1. The summed E-state index contributed by atoms with van der Waals surface area (Å²) in [7, 11) is -3.74. The second-order valence-electron chi connectivity index (χ2n) is 6.86. The fourth-order valence-electron chi connectivity index (χ4n) is 3.27. The predicted octanol–water partition coefficient (Wildman–Crippen LogP) is 3.68. The van der Waals surface area contributed by atoms with E-state index in [4.69, 9.17) is 8.92 Å². The lowest BCUT2D eigenvalue weighted by Crippen LogP contribution is -2.22. The van der Waals surface area contributed by atoms with E-state index in [1.165, 1.54) is 0 Å². The molecule has 0 radical (unpaired) electrons. The molecule has 0 spiro atoms. The number of hydrogen-bond donors (Lipinski definition) is 0. The second-order valence-corrected chi connectivity index (χ2v) is 8.48. The number of aryl methyl sites for hydroxylation is 2. The molecule has 1 aliphatic rings. The van der Waals surface area contributed by atoms with Crippen LogP contribution in [0, 0.1) is 12.8 Å². The molecule has 27 heavy (non-hydrogen) atoms. The summed E-state index contributed by atoms with van der Waals surface area (Å²) in [6.45, 7) is 4.20. The molecular formula is C21H24O5S. The molecule has 0 bridgehead atoms. The van der Waals surface area contributed by atoms with Gasteiger partial charge in [-0.2, -0.15) is 8.42 Å². The first-order chi connectivity index (χ1) is 12.9. The van der Waals surface area contributed by atoms with Gasteiger partial charge in [0.1, 0.15) is 0 Å². The molecule has 5 nitrogen and oxygen atoms in total. The van der Waals surface area contributed by atoms with E-state index < -0.39 is 10.1 Å². The lowest BCUT2D eigenvalue weighted by molar-refractivity contribution is 0.0526. The first kappa shape index (κ1) is 19.6. The minimum Gasteiger partial charge on any atom is -0.462 e. The van der Waals surface area contributed by atoms with Crippen molar-refractivity contribution in [3.8, 4) is 0 Å². The molecule has 0 aliphatic heterocycles. The van der Waals surface area contributed by atoms with E-state index in [1.807, 2.05) is 19.1 Å². The van der Waals surface area contributed by atoms with E-state index in [1.54, 1.807) is 37.3 Å². The maximum atomic E-state index is 12.3. The zero-order valence-corrected chi connectivity index (χ0v) is 16.4. The van der Waals surface area contributed by atoms with E-state index in [9.17, 15) is 13.2 Å². The second kappa shape index (κ2) is 8.23. The van der Waals surface area contributed by atoms with Gasteiger partial charge in [-0.25, -0.2) is 4.79 Å². The monoisotopic (exact) mass is 388 g/mol. The van der Waals surface area contributed by atoms with Gasteiger partial charge in [-0.3, -0.25) is 4.18 Å². The van der Waals surface area contributed by atoms with Gasteiger partial charge in [0.25, 0.3) is 10.1 Å². The maximum absolute atomic E-state index is 12.3. The van der Waals surface area contributed by atoms with Crippen molar-refractivity contribution >= 4 is 16.1 Å². The topological polar surface area (TPSA) is 69.7 Å². The lowest BCUT2D eigenvalue weighted by atomic mass is 9.83. The van der Waals surface area contributed by atoms with Crippen LogP contribution in [-0.4, -0.2) is 27.6 Å². The van der Waals surface area contributed by atoms with Crippen LogP contribution in [0.15, 0.2) is 47.4 Å². The summed E-state index contributed by atoms with van der Waals surface area (Å²) < 4.78 is 35.0. The van der Waals surface area contributed by atoms with Crippen LogP contribution in [0.4, 0.5) is 0 Å². The Morgan fingerprint density at radius 1 is 1.11 bits per heavy atom. The maximum Gasteiger partial charge on any atom is 0.338 e. The Balaban J connectivity index is 1.63. The van der Waals surface area contributed by atoms with Crippen LogP contribution in [-0.2, 0) is 31.9 Å². The molecular weight excluding hydrogens is 364 g/mol. The van der Waals surface area contributed by atoms with E-state index in [0.29, 0.717) is 12.2 Å². The van der Waals surface area contributed by atoms with Gasteiger partial charge in [0.15, 0.2) is 0 Å². The number of esters is 1. The van der Waals surface area contributed by atoms with E-state index in [2.05, 4.69) is 0 Å². The zero-order chi connectivity index (χ0) is 19.4. The summed E-state index contributed by atoms with van der Waals surface area (Å²) >= 11 is 0. The van der Waals surface area contributed by atoms with Crippen molar-refractivity contribution in [2.24, 2.45) is 5.92 Å². The van der Waals surface area contributed by atoms with Crippen LogP contribution in [0.3, 0.4) is 0 Å². The summed E-state index contributed by atoms with van der Waals surface area (Å²) in [6, 6.07) is 12.2. The molecule has 0 fully saturated rings. The molecule has 144 valence electrons. The third-order valence-corrected chi connectivity index (χ3v) is 6.11. The first-order valence-corrected chi connectivity index (χ1v) is 10.5. The summed E-state index contributed by atoms with van der Waals surface area (Å²) in [5.41, 5.74) is 3.82. The number of benzene rings is 2. The minimum absolute atomic E-state index is 0.131. The first-order valence-electron chi connectivity index (χ1n) is 9.14. The summed E-state index contributed by atoms with van der Waals surface area (Å²) in [6.07, 6.45) is 2.35. The Hall–Kier alpha value is -2.18. The van der Waals surface area contributed by atoms with Gasteiger partial charge >= 0.3 is 5.97 Å². The highest BCUT2D eigenvalue weighted by molar-refractivity contribution is 7.86. The average Bonchev–Trinajstić information content (AvgIpc) is 2.66. The molecule has 3 rings (SSSR count). The van der Waals surface area contributed by atoms with Gasteiger partial charge in [0, 0.05) is 0 Å². The lowest BCUT2D eigenvalue weighted by Gasteiger charge is -2.24. The standard InChI is InChI=1S/C21H24O5S/c1-3-25-21(22)19-9-8-17-12-16(6-7-18(17)13-19)14-26-27(23,24)20-10-4-15(2)5-11-20/h4-5,8-11,13,16H,3,6-7,12,14H2,1-2H3. The molecule has 0 amide bonds. The van der Waals surface area contributed by atoms with Crippen LogP contribution < -0.4 is 0 Å². The third-order valence-electron chi connectivity index (χ3n) is 4.82. The Labute approximate surface area is 160 Å². The number of carbonyl (C=O) groups excluding carboxylic acids is 1. The van der Waals surface area contributed by atoms with Crippen molar-refractivity contribution in [2.45, 2.75) is 38.0 Å². The van der Waals surface area contributed by atoms with Crippen molar-refractivity contribution in [1.82, 2.24) is 0 Å². The largest absolute Gasteiger partial charge is 0.462 e. The van der Waals surface area contributed by atoms with Gasteiger partial charge < -0.3 is 4.74 Å². The fraction of sp³-hybridized carbons (Fsp3) is 0.381. The van der Waals surface area contributed by atoms with Gasteiger partial charge in [-0.1, -0.05) is 23.8 Å². The van der Waals surface area contributed by atoms with E-state index in [-0.39, 0.29) is 23.4 Å². The Morgan fingerprint density at radius 2 is 1.85 bits per heavy atom. The SMILES string of the molecule is CCOC(=O)c1ccc2c(c1)CCC(COS(=O)(=O)c1ccc(C)cc1)C2. The summed E-state index contributed by atoms with van der Waals surface area (Å²) in [5.74, 6) is -0.180. The average molecular weight is 388 g/mol. The van der Waals surface area contributed by atoms with Gasteiger partial charge in [-0.15, -0.1) is 0 Å². The number of fused-ring (bicyclic) bond motifs is 1. The quantitative estimate of drug-likeness (QED) is 0.558. The molecule has 1 unspecified atom stereocenters. The van der Waals surface area contributed by atoms with E-state index in [0.717, 1.165) is 36.0 Å². The molecule has 2 aromatic rings. The normalized spacial score (nSPS) is 16.6. The third kappa shape index (κ3) is 4.76.